The van der Waals surface area contributed by atoms with Crippen LogP contribution in [-0.4, -0.2) is 23.2 Å². The Morgan fingerprint density at radius 1 is 1.56 bits per heavy atom. The van der Waals surface area contributed by atoms with E-state index < -0.39 is 5.97 Å². The van der Waals surface area contributed by atoms with Gasteiger partial charge in [-0.2, -0.15) is 0 Å². The van der Waals surface area contributed by atoms with Gasteiger partial charge < -0.3 is 9.84 Å². The zero-order valence-corrected chi connectivity index (χ0v) is 9.23. The van der Waals surface area contributed by atoms with E-state index in [0.717, 1.165) is 5.56 Å². The average molecular weight is 219 g/mol. The number of carboxylic acid groups (broad SMARTS) is 1. The van der Waals surface area contributed by atoms with Gasteiger partial charge in [0.1, 0.15) is 5.69 Å². The van der Waals surface area contributed by atoms with Crippen molar-refractivity contribution in [1.29, 1.82) is 0 Å². The second kappa shape index (κ2) is 5.11. The molecule has 0 amide bonds. The first kappa shape index (κ1) is 12.0. The number of hydrogen-bond donors (Lipinski definition) is 1. The number of allylic oxidation sites excluding steroid dienone is 1. The maximum atomic E-state index is 10.8. The molecule has 0 radical (unpaired) electrons. The molecule has 1 N–H and O–H groups in total. The molecule has 0 aliphatic heterocycles. The third-order valence-corrected chi connectivity index (χ3v) is 2.06. The van der Waals surface area contributed by atoms with Gasteiger partial charge in [0.2, 0.25) is 0 Å². The first-order valence-corrected chi connectivity index (χ1v) is 4.67. The summed E-state index contributed by atoms with van der Waals surface area (Å²) in [5.74, 6) is -0.404. The van der Waals surface area contributed by atoms with Crippen LogP contribution in [0.25, 0.3) is 12.2 Å². The Morgan fingerprint density at radius 2 is 2.25 bits per heavy atom. The zero-order chi connectivity index (χ0) is 12.1. The van der Waals surface area contributed by atoms with Crippen LogP contribution in [0, 0.1) is 0 Å². The molecule has 4 heteroatoms. The third-order valence-electron chi connectivity index (χ3n) is 2.06. The molecule has 0 aliphatic carbocycles. The monoisotopic (exact) mass is 219 g/mol. The molecule has 0 aromatic carbocycles. The van der Waals surface area contributed by atoms with E-state index >= 15 is 0 Å². The van der Waals surface area contributed by atoms with Crippen molar-refractivity contribution < 1.29 is 14.6 Å². The molecule has 0 unspecified atom stereocenters. The number of aromatic carboxylic acids is 1. The number of rotatable bonds is 4. The third kappa shape index (κ3) is 2.70. The molecule has 0 bridgehead atoms. The van der Waals surface area contributed by atoms with Crippen molar-refractivity contribution in [3.05, 3.63) is 41.4 Å². The lowest BCUT2D eigenvalue weighted by molar-refractivity contribution is 0.0690. The number of hydrogen-bond acceptors (Lipinski definition) is 3. The molecule has 0 saturated heterocycles. The minimum absolute atomic E-state index is 0.000697. The van der Waals surface area contributed by atoms with E-state index in [1.54, 1.807) is 32.3 Å². The Labute approximate surface area is 93.9 Å². The lowest BCUT2D eigenvalue weighted by Crippen LogP contribution is -2.02. The van der Waals surface area contributed by atoms with Gasteiger partial charge in [0.05, 0.1) is 18.6 Å². The van der Waals surface area contributed by atoms with Crippen LogP contribution in [0.1, 0.15) is 28.7 Å². The van der Waals surface area contributed by atoms with Crippen molar-refractivity contribution >= 4 is 18.1 Å². The molecule has 1 aromatic heterocycles. The quantitative estimate of drug-likeness (QED) is 0.790. The van der Waals surface area contributed by atoms with Crippen LogP contribution >= 0.6 is 0 Å². The standard InChI is InChI=1S/C12H13NO3/c1-4-9-5-6-10(12(14)15)13-11(9)7-8(2)16-3/h4-7H,1H2,2-3H3,(H,14,15)/b8-7+. The van der Waals surface area contributed by atoms with E-state index in [4.69, 9.17) is 9.84 Å². The second-order valence-corrected chi connectivity index (χ2v) is 3.14. The van der Waals surface area contributed by atoms with E-state index in [-0.39, 0.29) is 5.69 Å². The zero-order valence-electron chi connectivity index (χ0n) is 9.23. The van der Waals surface area contributed by atoms with Gasteiger partial charge in [0.25, 0.3) is 0 Å². The molecule has 4 nitrogen and oxygen atoms in total. The van der Waals surface area contributed by atoms with Crippen molar-refractivity contribution in [1.82, 2.24) is 4.98 Å². The first-order chi connectivity index (χ1) is 7.58. The largest absolute Gasteiger partial charge is 0.501 e. The minimum Gasteiger partial charge on any atom is -0.501 e. The fourth-order valence-corrected chi connectivity index (χ4v) is 1.14. The highest BCUT2D eigenvalue weighted by Gasteiger charge is 2.07. The Morgan fingerprint density at radius 3 is 2.75 bits per heavy atom. The average Bonchev–Trinajstić information content (AvgIpc) is 2.28. The van der Waals surface area contributed by atoms with Gasteiger partial charge in [-0.15, -0.1) is 0 Å². The highest BCUT2D eigenvalue weighted by Crippen LogP contribution is 2.13. The highest BCUT2D eigenvalue weighted by molar-refractivity contribution is 5.86. The Hall–Kier alpha value is -2.10. The van der Waals surface area contributed by atoms with Gasteiger partial charge in [0, 0.05) is 6.08 Å². The predicted molar refractivity (Wildman–Crippen MR) is 61.9 cm³/mol. The van der Waals surface area contributed by atoms with Crippen molar-refractivity contribution in [2.24, 2.45) is 0 Å². The van der Waals surface area contributed by atoms with Crippen LogP contribution in [0.2, 0.25) is 0 Å². The van der Waals surface area contributed by atoms with Crippen molar-refractivity contribution in [3.63, 3.8) is 0 Å². The molecule has 1 rings (SSSR count). The molecule has 0 atom stereocenters. The van der Waals surface area contributed by atoms with Crippen molar-refractivity contribution in [3.8, 4) is 0 Å². The summed E-state index contributed by atoms with van der Waals surface area (Å²) in [5, 5.41) is 8.82. The number of pyridine rings is 1. The Kier molecular flexibility index (Phi) is 3.83. The van der Waals surface area contributed by atoms with Crippen molar-refractivity contribution in [2.45, 2.75) is 6.92 Å². The number of methoxy groups -OCH3 is 1. The number of aromatic nitrogens is 1. The van der Waals surface area contributed by atoms with E-state index in [2.05, 4.69) is 11.6 Å². The molecular weight excluding hydrogens is 206 g/mol. The summed E-state index contributed by atoms with van der Waals surface area (Å²) in [6.07, 6.45) is 3.29. The Balaban J connectivity index is 3.27. The molecule has 0 fully saturated rings. The molecular formula is C12H13NO3. The van der Waals surface area contributed by atoms with Crippen molar-refractivity contribution in [2.75, 3.05) is 7.11 Å². The van der Waals surface area contributed by atoms with Crippen LogP contribution in [0.3, 0.4) is 0 Å². The van der Waals surface area contributed by atoms with E-state index in [1.165, 1.54) is 6.07 Å². The van der Waals surface area contributed by atoms with Gasteiger partial charge in [-0.3, -0.25) is 0 Å². The summed E-state index contributed by atoms with van der Waals surface area (Å²) in [5.41, 5.74) is 1.30. The lowest BCUT2D eigenvalue weighted by Gasteiger charge is -2.04. The van der Waals surface area contributed by atoms with Crippen LogP contribution in [-0.2, 0) is 4.74 Å². The fourth-order valence-electron chi connectivity index (χ4n) is 1.14. The lowest BCUT2D eigenvalue weighted by atomic mass is 10.1. The van der Waals surface area contributed by atoms with E-state index in [9.17, 15) is 4.79 Å². The van der Waals surface area contributed by atoms with Crippen LogP contribution in [0.15, 0.2) is 24.5 Å². The van der Waals surface area contributed by atoms with Gasteiger partial charge in [-0.25, -0.2) is 9.78 Å². The van der Waals surface area contributed by atoms with E-state index in [0.29, 0.717) is 11.5 Å². The molecule has 16 heavy (non-hydrogen) atoms. The number of carbonyl (C=O) groups is 1. The topological polar surface area (TPSA) is 59.4 Å². The van der Waals surface area contributed by atoms with Gasteiger partial charge >= 0.3 is 5.97 Å². The molecule has 0 spiro atoms. The highest BCUT2D eigenvalue weighted by atomic mass is 16.5. The van der Waals surface area contributed by atoms with Crippen LogP contribution < -0.4 is 0 Å². The summed E-state index contributed by atoms with van der Waals surface area (Å²) in [4.78, 5) is 14.8. The van der Waals surface area contributed by atoms with Crippen LogP contribution in [0.5, 0.6) is 0 Å². The van der Waals surface area contributed by atoms with Gasteiger partial charge in [-0.05, 0) is 18.6 Å². The first-order valence-electron chi connectivity index (χ1n) is 4.67. The molecule has 0 saturated carbocycles. The normalized spacial score (nSPS) is 11.0. The summed E-state index contributed by atoms with van der Waals surface area (Å²) >= 11 is 0. The van der Waals surface area contributed by atoms with Crippen LogP contribution in [0.4, 0.5) is 0 Å². The summed E-state index contributed by atoms with van der Waals surface area (Å²) in [6.45, 7) is 5.41. The van der Waals surface area contributed by atoms with Gasteiger partial charge in [0.15, 0.2) is 0 Å². The maximum Gasteiger partial charge on any atom is 0.354 e. The second-order valence-electron chi connectivity index (χ2n) is 3.14. The van der Waals surface area contributed by atoms with Gasteiger partial charge in [-0.1, -0.05) is 18.7 Å². The number of nitrogens with zero attached hydrogens (tertiary/aromatic N) is 1. The molecule has 1 aromatic rings. The fraction of sp³-hybridized carbons (Fsp3) is 0.167. The maximum absolute atomic E-state index is 10.8. The molecule has 84 valence electrons. The Bertz CT molecular complexity index is 450. The smallest absolute Gasteiger partial charge is 0.354 e. The molecule has 0 aliphatic rings. The predicted octanol–water partition coefficient (Wildman–Crippen LogP) is 2.43. The number of carboxylic acids is 1. The summed E-state index contributed by atoms with van der Waals surface area (Å²) < 4.78 is 4.99. The SMILES string of the molecule is C=Cc1ccc(C(=O)O)nc1/C=C(\C)OC. The summed E-state index contributed by atoms with van der Waals surface area (Å²) in [7, 11) is 1.54. The number of ether oxygens (including phenoxy) is 1. The minimum atomic E-state index is -1.06. The van der Waals surface area contributed by atoms with E-state index in [1.807, 2.05) is 0 Å². The molecule has 1 heterocycles. The summed E-state index contributed by atoms with van der Waals surface area (Å²) in [6, 6.07) is 3.11.